The van der Waals surface area contributed by atoms with E-state index in [1.165, 1.54) is 12.3 Å². The molecule has 0 bridgehead atoms. The van der Waals surface area contributed by atoms with Crippen molar-refractivity contribution in [2.45, 2.75) is 40.0 Å². The Bertz CT molecular complexity index is 2460. The molecule has 1 N–H and O–H groups in total. The SMILES string of the molecule is Cc1c(COc2cc(OCc3cncc(C#N)c3)c(C=O)cc2Cl)cccc1-c1cccc(-c2nc3cc(CN4CCC(C(=O)O)C4)cc(Cl)c3o2)c1C. The number of carbonyl (C=O) groups excluding carboxylic acids is 1. The maximum absolute atomic E-state index is 11.8. The van der Waals surface area contributed by atoms with Gasteiger partial charge in [-0.2, -0.15) is 5.26 Å². The maximum atomic E-state index is 11.8. The van der Waals surface area contributed by atoms with Gasteiger partial charge in [0, 0.05) is 42.7 Å². The van der Waals surface area contributed by atoms with Crippen LogP contribution in [0.15, 0.2) is 83.5 Å². The molecule has 0 aliphatic carbocycles. The Hall–Kier alpha value is -5.73. The molecular formula is C42H34Cl2N4O6. The van der Waals surface area contributed by atoms with Gasteiger partial charge >= 0.3 is 5.97 Å². The molecule has 0 saturated carbocycles. The number of carboxylic acids is 1. The summed E-state index contributed by atoms with van der Waals surface area (Å²) in [6.07, 6.45) is 4.36. The van der Waals surface area contributed by atoms with Gasteiger partial charge < -0.3 is 19.0 Å². The summed E-state index contributed by atoms with van der Waals surface area (Å²) in [5.41, 5.74) is 9.20. The van der Waals surface area contributed by atoms with Gasteiger partial charge in [-0.1, -0.05) is 53.5 Å². The fraction of sp³-hybridized carbons (Fsp3) is 0.214. The van der Waals surface area contributed by atoms with E-state index in [9.17, 15) is 20.0 Å². The second-order valence-corrected chi connectivity index (χ2v) is 14.1. The number of pyridine rings is 1. The molecule has 10 nitrogen and oxygen atoms in total. The Labute approximate surface area is 321 Å². The average Bonchev–Trinajstić information content (AvgIpc) is 3.82. The van der Waals surface area contributed by atoms with Crippen molar-refractivity contribution in [3.8, 4) is 40.1 Å². The summed E-state index contributed by atoms with van der Waals surface area (Å²) in [4.78, 5) is 34.3. The zero-order chi connectivity index (χ0) is 37.9. The third-order valence-corrected chi connectivity index (χ3v) is 10.3. The lowest BCUT2D eigenvalue weighted by molar-refractivity contribution is -0.141. The average molecular weight is 762 g/mol. The van der Waals surface area contributed by atoms with E-state index in [1.54, 1.807) is 18.3 Å². The minimum Gasteiger partial charge on any atom is -0.488 e. The monoisotopic (exact) mass is 760 g/mol. The van der Waals surface area contributed by atoms with Gasteiger partial charge in [0.1, 0.15) is 36.3 Å². The van der Waals surface area contributed by atoms with E-state index in [1.807, 2.05) is 50.2 Å². The second-order valence-electron chi connectivity index (χ2n) is 13.3. The fourth-order valence-corrected chi connectivity index (χ4v) is 7.30. The number of aldehydes is 1. The summed E-state index contributed by atoms with van der Waals surface area (Å²) >= 11 is 13.2. The third kappa shape index (κ3) is 7.66. The standard InChI is InChI=1S/C42H34Cl2N4O6/c1-24-30(23-53-39-15-38(31(21-49)14-35(39)43)52-22-28-11-27(16-45)17-46-18-28)5-3-6-32(24)33-7-4-8-34(25(33)2)41-47-37-13-26(12-36(44)40(37)54-41)19-48-10-9-29(20-48)42(50)51/h3-8,11-15,17-18,21,29H,9-10,19-20,22-23H2,1-2H3,(H,50,51). The summed E-state index contributed by atoms with van der Waals surface area (Å²) in [7, 11) is 0. The van der Waals surface area contributed by atoms with Gasteiger partial charge in [0.15, 0.2) is 11.9 Å². The van der Waals surface area contributed by atoms with Crippen LogP contribution in [0.5, 0.6) is 11.5 Å². The van der Waals surface area contributed by atoms with Crippen LogP contribution in [0.2, 0.25) is 10.0 Å². The molecule has 6 aromatic rings. The molecule has 12 heteroatoms. The highest BCUT2D eigenvalue weighted by Gasteiger charge is 2.28. The first-order valence-electron chi connectivity index (χ1n) is 17.2. The van der Waals surface area contributed by atoms with Crippen LogP contribution in [-0.4, -0.2) is 45.3 Å². The number of fused-ring (bicyclic) bond motifs is 1. The molecule has 2 aromatic heterocycles. The molecule has 54 heavy (non-hydrogen) atoms. The zero-order valence-electron chi connectivity index (χ0n) is 29.4. The van der Waals surface area contributed by atoms with E-state index in [4.69, 9.17) is 42.1 Å². The molecule has 3 heterocycles. The van der Waals surface area contributed by atoms with E-state index >= 15 is 0 Å². The highest BCUT2D eigenvalue weighted by atomic mass is 35.5. The number of halogens is 2. The number of aromatic nitrogens is 2. The van der Waals surface area contributed by atoms with E-state index in [-0.39, 0.29) is 29.7 Å². The van der Waals surface area contributed by atoms with E-state index in [2.05, 4.69) is 28.1 Å². The first-order valence-corrected chi connectivity index (χ1v) is 18.0. The number of benzene rings is 4. The lowest BCUT2D eigenvalue weighted by atomic mass is 9.91. The number of carbonyl (C=O) groups is 2. The van der Waals surface area contributed by atoms with Gasteiger partial charge in [0.05, 0.1) is 27.1 Å². The number of carboxylic acid groups (broad SMARTS) is 1. The van der Waals surface area contributed by atoms with Crippen molar-refractivity contribution >= 4 is 46.6 Å². The van der Waals surface area contributed by atoms with Crippen molar-refractivity contribution in [2.75, 3.05) is 13.1 Å². The van der Waals surface area contributed by atoms with Crippen LogP contribution in [0.1, 0.15) is 50.2 Å². The first-order chi connectivity index (χ1) is 26.1. The molecule has 1 aliphatic heterocycles. The molecule has 0 amide bonds. The number of ether oxygens (including phenoxy) is 2. The number of oxazole rings is 1. The molecule has 1 atom stereocenters. The first kappa shape index (κ1) is 36.6. The predicted octanol–water partition coefficient (Wildman–Crippen LogP) is 9.23. The number of hydrogen-bond acceptors (Lipinski definition) is 9. The largest absolute Gasteiger partial charge is 0.488 e. The summed E-state index contributed by atoms with van der Waals surface area (Å²) in [6, 6.07) is 22.7. The van der Waals surface area contributed by atoms with Gasteiger partial charge in [0.2, 0.25) is 5.89 Å². The van der Waals surface area contributed by atoms with Crippen LogP contribution in [-0.2, 0) is 24.6 Å². The maximum Gasteiger partial charge on any atom is 0.307 e. The van der Waals surface area contributed by atoms with Crippen molar-refractivity contribution < 1.29 is 28.6 Å². The van der Waals surface area contributed by atoms with Crippen LogP contribution in [0.3, 0.4) is 0 Å². The Kier molecular flexibility index (Phi) is 10.7. The summed E-state index contributed by atoms with van der Waals surface area (Å²) in [6.45, 7) is 6.17. The Morgan fingerprint density at radius 3 is 2.48 bits per heavy atom. The normalized spacial score (nSPS) is 14.2. The fourth-order valence-electron chi connectivity index (χ4n) is 6.80. The summed E-state index contributed by atoms with van der Waals surface area (Å²) in [5, 5.41) is 19.3. The van der Waals surface area contributed by atoms with Crippen molar-refractivity contribution in [1.82, 2.24) is 14.9 Å². The van der Waals surface area contributed by atoms with Crippen molar-refractivity contribution in [3.05, 3.63) is 128 Å². The minimum atomic E-state index is -0.761. The molecule has 272 valence electrons. The summed E-state index contributed by atoms with van der Waals surface area (Å²) in [5.74, 6) is -0.0150. The molecular weight excluding hydrogens is 727 g/mol. The molecule has 7 rings (SSSR count). The quantitative estimate of drug-likeness (QED) is 0.120. The van der Waals surface area contributed by atoms with E-state index in [0.29, 0.717) is 77.0 Å². The molecule has 1 unspecified atom stereocenters. The van der Waals surface area contributed by atoms with Crippen molar-refractivity contribution in [2.24, 2.45) is 5.92 Å². The highest BCUT2D eigenvalue weighted by Crippen LogP contribution is 2.38. The van der Waals surface area contributed by atoms with Crippen LogP contribution in [0, 0.1) is 31.1 Å². The smallest absolute Gasteiger partial charge is 0.307 e. The number of likely N-dealkylation sites (tertiary alicyclic amines) is 1. The zero-order valence-corrected chi connectivity index (χ0v) is 30.9. The molecule has 1 fully saturated rings. The topological polar surface area (TPSA) is 139 Å². The van der Waals surface area contributed by atoms with Gasteiger partial charge in [-0.15, -0.1) is 0 Å². The lowest BCUT2D eigenvalue weighted by Crippen LogP contribution is -2.22. The minimum absolute atomic E-state index is 0.0941. The highest BCUT2D eigenvalue weighted by molar-refractivity contribution is 6.34. The van der Waals surface area contributed by atoms with Crippen molar-refractivity contribution in [3.63, 3.8) is 0 Å². The predicted molar refractivity (Wildman–Crippen MR) is 205 cm³/mol. The molecule has 1 aliphatic rings. The van der Waals surface area contributed by atoms with E-state index in [0.717, 1.165) is 38.9 Å². The lowest BCUT2D eigenvalue weighted by Gasteiger charge is -2.17. The Morgan fingerprint density at radius 2 is 1.72 bits per heavy atom. The Balaban J connectivity index is 1.10. The molecule has 1 saturated heterocycles. The molecule has 0 radical (unpaired) electrons. The number of hydrogen-bond donors (Lipinski definition) is 1. The molecule has 4 aromatic carbocycles. The van der Waals surface area contributed by atoms with Crippen LogP contribution in [0.25, 0.3) is 33.7 Å². The van der Waals surface area contributed by atoms with Gasteiger partial charge in [-0.05, 0) is 90.5 Å². The third-order valence-electron chi connectivity index (χ3n) is 9.73. The molecule has 0 spiro atoms. The second kappa shape index (κ2) is 15.7. The number of nitriles is 1. The van der Waals surface area contributed by atoms with Gasteiger partial charge in [-0.25, -0.2) is 4.98 Å². The number of aliphatic carboxylic acids is 1. The number of nitrogens with zero attached hydrogens (tertiary/aromatic N) is 4. The van der Waals surface area contributed by atoms with Crippen molar-refractivity contribution in [1.29, 1.82) is 5.26 Å². The Morgan fingerprint density at radius 1 is 0.963 bits per heavy atom. The van der Waals surface area contributed by atoms with Gasteiger partial charge in [0.25, 0.3) is 0 Å². The van der Waals surface area contributed by atoms with Crippen LogP contribution < -0.4 is 9.47 Å². The van der Waals surface area contributed by atoms with Crippen LogP contribution >= 0.6 is 23.2 Å². The van der Waals surface area contributed by atoms with Crippen LogP contribution in [0.4, 0.5) is 0 Å². The van der Waals surface area contributed by atoms with Gasteiger partial charge in [-0.3, -0.25) is 19.5 Å². The number of rotatable bonds is 12. The van der Waals surface area contributed by atoms with E-state index < -0.39 is 5.97 Å². The summed E-state index contributed by atoms with van der Waals surface area (Å²) < 4.78 is 18.4.